The van der Waals surface area contributed by atoms with E-state index in [-0.39, 0.29) is 17.9 Å². The van der Waals surface area contributed by atoms with E-state index < -0.39 is 17.3 Å². The van der Waals surface area contributed by atoms with Crippen LogP contribution in [0.2, 0.25) is 0 Å². The number of rotatable bonds is 1. The molecule has 4 heteroatoms. The van der Waals surface area contributed by atoms with Crippen molar-refractivity contribution in [3.63, 3.8) is 0 Å². The van der Waals surface area contributed by atoms with Gasteiger partial charge in [0.15, 0.2) is 0 Å². The topological polar surface area (TPSA) is 80.9 Å². The molecule has 2 aliphatic rings. The van der Waals surface area contributed by atoms with E-state index in [0.29, 0.717) is 38.5 Å². The predicted octanol–water partition coefficient (Wildman–Crippen LogP) is 0.810. The molecule has 0 aliphatic heterocycles. The molecule has 0 saturated heterocycles. The summed E-state index contributed by atoms with van der Waals surface area (Å²) < 4.78 is 0. The van der Waals surface area contributed by atoms with Crippen molar-refractivity contribution in [2.45, 2.75) is 75.8 Å². The van der Waals surface area contributed by atoms with Crippen LogP contribution in [0.15, 0.2) is 0 Å². The molecule has 2 fully saturated rings. The highest BCUT2D eigenvalue weighted by molar-refractivity contribution is 5.08. The largest absolute Gasteiger partial charge is 0.393 e. The highest BCUT2D eigenvalue weighted by atomic mass is 16.4. The lowest BCUT2D eigenvalue weighted by atomic mass is 9.59. The second-order valence-electron chi connectivity index (χ2n) is 6.57. The average molecular weight is 258 g/mol. The zero-order chi connectivity index (χ0) is 13.6. The van der Waals surface area contributed by atoms with Gasteiger partial charge < -0.3 is 20.4 Å². The first-order valence-electron chi connectivity index (χ1n) is 7.09. The van der Waals surface area contributed by atoms with Crippen molar-refractivity contribution in [2.24, 2.45) is 11.8 Å². The first kappa shape index (κ1) is 14.3. The SMILES string of the molecule is CC1CC(O)(C2(O)CCC(O)CC2)C(C)CC1O. The van der Waals surface area contributed by atoms with Crippen LogP contribution in [-0.4, -0.2) is 43.8 Å². The lowest BCUT2D eigenvalue weighted by Gasteiger charge is -2.54. The van der Waals surface area contributed by atoms with Crippen molar-refractivity contribution in [1.29, 1.82) is 0 Å². The molecule has 0 aromatic rings. The molecule has 0 heterocycles. The lowest BCUT2D eigenvalue weighted by Crippen LogP contribution is -2.63. The smallest absolute Gasteiger partial charge is 0.0963 e. The quantitative estimate of drug-likeness (QED) is 0.561. The van der Waals surface area contributed by atoms with Crippen LogP contribution in [0.3, 0.4) is 0 Å². The average Bonchev–Trinajstić information content (AvgIpc) is 2.31. The van der Waals surface area contributed by atoms with E-state index in [1.165, 1.54) is 0 Å². The molecule has 0 amide bonds. The van der Waals surface area contributed by atoms with E-state index in [9.17, 15) is 20.4 Å². The zero-order valence-electron chi connectivity index (χ0n) is 11.3. The van der Waals surface area contributed by atoms with Gasteiger partial charge in [-0.3, -0.25) is 0 Å². The Bertz CT molecular complexity index is 298. The molecule has 4 nitrogen and oxygen atoms in total. The van der Waals surface area contributed by atoms with Crippen molar-refractivity contribution in [2.75, 3.05) is 0 Å². The second kappa shape index (κ2) is 4.75. The van der Waals surface area contributed by atoms with E-state index in [4.69, 9.17) is 0 Å². The Morgan fingerprint density at radius 3 is 2.11 bits per heavy atom. The number of aliphatic hydroxyl groups is 4. The van der Waals surface area contributed by atoms with Crippen LogP contribution in [0.4, 0.5) is 0 Å². The van der Waals surface area contributed by atoms with Gasteiger partial charge in [0.1, 0.15) is 0 Å². The van der Waals surface area contributed by atoms with E-state index in [1.807, 2.05) is 13.8 Å². The molecule has 0 bridgehead atoms. The van der Waals surface area contributed by atoms with Crippen molar-refractivity contribution >= 4 is 0 Å². The minimum absolute atomic E-state index is 0.00192. The third-order valence-corrected chi connectivity index (χ3v) is 5.29. The van der Waals surface area contributed by atoms with Crippen molar-refractivity contribution in [3.8, 4) is 0 Å². The summed E-state index contributed by atoms with van der Waals surface area (Å²) in [6.45, 7) is 3.82. The van der Waals surface area contributed by atoms with Gasteiger partial charge in [-0.05, 0) is 50.4 Å². The molecule has 0 spiro atoms. The summed E-state index contributed by atoms with van der Waals surface area (Å²) >= 11 is 0. The molecule has 2 saturated carbocycles. The van der Waals surface area contributed by atoms with Crippen LogP contribution >= 0.6 is 0 Å². The Balaban J connectivity index is 2.19. The van der Waals surface area contributed by atoms with Gasteiger partial charge in [-0.15, -0.1) is 0 Å². The molecule has 2 aliphatic carbocycles. The Morgan fingerprint density at radius 1 is 1.00 bits per heavy atom. The fraction of sp³-hybridized carbons (Fsp3) is 1.00. The summed E-state index contributed by atoms with van der Waals surface area (Å²) in [5.74, 6) is -0.119. The van der Waals surface area contributed by atoms with Crippen LogP contribution in [0.25, 0.3) is 0 Å². The monoisotopic (exact) mass is 258 g/mol. The summed E-state index contributed by atoms with van der Waals surface area (Å²) in [6.07, 6.45) is 2.19. The Kier molecular flexibility index (Phi) is 3.76. The van der Waals surface area contributed by atoms with Gasteiger partial charge >= 0.3 is 0 Å². The Morgan fingerprint density at radius 2 is 1.56 bits per heavy atom. The molecular weight excluding hydrogens is 232 g/mol. The van der Waals surface area contributed by atoms with Crippen molar-refractivity contribution in [3.05, 3.63) is 0 Å². The minimum atomic E-state index is -1.13. The first-order valence-corrected chi connectivity index (χ1v) is 7.09. The van der Waals surface area contributed by atoms with E-state index in [2.05, 4.69) is 0 Å². The van der Waals surface area contributed by atoms with Gasteiger partial charge in [0.2, 0.25) is 0 Å². The fourth-order valence-electron chi connectivity index (χ4n) is 3.78. The lowest BCUT2D eigenvalue weighted by molar-refractivity contribution is -0.228. The molecule has 18 heavy (non-hydrogen) atoms. The van der Waals surface area contributed by atoms with Crippen molar-refractivity contribution in [1.82, 2.24) is 0 Å². The molecule has 0 radical (unpaired) electrons. The van der Waals surface area contributed by atoms with Gasteiger partial charge in [-0.1, -0.05) is 13.8 Å². The zero-order valence-corrected chi connectivity index (χ0v) is 11.3. The number of hydrogen-bond donors (Lipinski definition) is 4. The first-order chi connectivity index (χ1) is 8.28. The highest BCUT2D eigenvalue weighted by Gasteiger charge is 2.56. The van der Waals surface area contributed by atoms with Gasteiger partial charge in [-0.2, -0.15) is 0 Å². The standard InChI is InChI=1S/C14H26O4/c1-9-8-14(18,10(2)7-12(9)16)13(17)5-3-11(15)4-6-13/h9-12,15-18H,3-8H2,1-2H3. The number of aliphatic hydroxyl groups excluding tert-OH is 2. The van der Waals surface area contributed by atoms with E-state index in [1.54, 1.807) is 0 Å². The van der Waals surface area contributed by atoms with Gasteiger partial charge in [0.05, 0.1) is 23.4 Å². The third-order valence-electron chi connectivity index (χ3n) is 5.29. The predicted molar refractivity (Wildman–Crippen MR) is 67.9 cm³/mol. The third kappa shape index (κ3) is 2.20. The summed E-state index contributed by atoms with van der Waals surface area (Å²) in [6, 6.07) is 0. The molecule has 0 aromatic carbocycles. The fourth-order valence-corrected chi connectivity index (χ4v) is 3.78. The maximum atomic E-state index is 11.0. The molecule has 2 rings (SSSR count). The van der Waals surface area contributed by atoms with Crippen molar-refractivity contribution < 1.29 is 20.4 Å². The summed E-state index contributed by atoms with van der Waals surface area (Å²) in [4.78, 5) is 0. The van der Waals surface area contributed by atoms with Gasteiger partial charge in [-0.25, -0.2) is 0 Å². The van der Waals surface area contributed by atoms with Gasteiger partial charge in [0.25, 0.3) is 0 Å². The van der Waals surface area contributed by atoms with Crippen LogP contribution in [0, 0.1) is 11.8 Å². The van der Waals surface area contributed by atoms with Crippen LogP contribution < -0.4 is 0 Å². The molecule has 4 N–H and O–H groups in total. The second-order valence-corrected chi connectivity index (χ2v) is 6.57. The number of hydrogen-bond acceptors (Lipinski definition) is 4. The summed E-state index contributed by atoms with van der Waals surface area (Å²) in [5, 5.41) is 41.2. The van der Waals surface area contributed by atoms with Crippen LogP contribution in [0.5, 0.6) is 0 Å². The van der Waals surface area contributed by atoms with Crippen LogP contribution in [-0.2, 0) is 0 Å². The molecular formula is C14H26O4. The van der Waals surface area contributed by atoms with E-state index in [0.717, 1.165) is 0 Å². The summed E-state index contributed by atoms with van der Waals surface area (Å²) in [5.41, 5.74) is -2.24. The van der Waals surface area contributed by atoms with Crippen LogP contribution in [0.1, 0.15) is 52.4 Å². The molecule has 4 unspecified atom stereocenters. The maximum absolute atomic E-state index is 11.0. The molecule has 106 valence electrons. The Labute approximate surface area is 109 Å². The molecule has 4 atom stereocenters. The summed E-state index contributed by atoms with van der Waals surface area (Å²) in [7, 11) is 0. The highest BCUT2D eigenvalue weighted by Crippen LogP contribution is 2.48. The maximum Gasteiger partial charge on any atom is 0.0963 e. The van der Waals surface area contributed by atoms with E-state index >= 15 is 0 Å². The Hall–Kier alpha value is -0.160. The minimum Gasteiger partial charge on any atom is -0.393 e. The normalized spacial score (nSPS) is 54.3. The molecule has 0 aromatic heterocycles. The van der Waals surface area contributed by atoms with Gasteiger partial charge in [0, 0.05) is 0 Å².